The maximum Gasteiger partial charge on any atom is 0.342 e. The number of phenolic OH excluding ortho intramolecular Hbond substituents is 1. The Bertz CT molecular complexity index is 917. The normalized spacial score (nSPS) is 15.8. The molecule has 1 aliphatic rings. The molecule has 1 N–H and O–H groups in total. The van der Waals surface area contributed by atoms with Crippen molar-refractivity contribution in [2.45, 2.75) is 19.1 Å². The summed E-state index contributed by atoms with van der Waals surface area (Å²) in [4.78, 5) is 12.2. The predicted molar refractivity (Wildman–Crippen MR) is 97.2 cm³/mol. The first kappa shape index (κ1) is 16.2. The molecule has 4 rings (SSSR count). The molecule has 1 aliphatic heterocycles. The Morgan fingerprint density at radius 2 is 1.73 bits per heavy atom. The van der Waals surface area contributed by atoms with Crippen LogP contribution < -0.4 is 4.74 Å². The number of esters is 1. The molecule has 3 aromatic carbocycles. The summed E-state index contributed by atoms with van der Waals surface area (Å²) >= 11 is 0. The van der Waals surface area contributed by atoms with E-state index in [0.717, 1.165) is 22.4 Å². The van der Waals surface area contributed by atoms with Gasteiger partial charge in [0, 0.05) is 6.42 Å². The number of rotatable bonds is 4. The third-order valence-corrected chi connectivity index (χ3v) is 4.49. The average molecular weight is 346 g/mol. The van der Waals surface area contributed by atoms with Crippen molar-refractivity contribution in [2.75, 3.05) is 0 Å². The van der Waals surface area contributed by atoms with E-state index in [2.05, 4.69) is 0 Å². The van der Waals surface area contributed by atoms with Crippen molar-refractivity contribution in [3.8, 4) is 11.5 Å². The molecule has 26 heavy (non-hydrogen) atoms. The molecular weight excluding hydrogens is 328 g/mol. The smallest absolute Gasteiger partial charge is 0.342 e. The number of cyclic esters (lactones) is 1. The number of benzene rings is 3. The summed E-state index contributed by atoms with van der Waals surface area (Å²) in [5, 5.41) is 9.86. The second kappa shape index (κ2) is 6.92. The van der Waals surface area contributed by atoms with Gasteiger partial charge in [0.05, 0.1) is 0 Å². The topological polar surface area (TPSA) is 55.8 Å². The van der Waals surface area contributed by atoms with Crippen molar-refractivity contribution in [3.63, 3.8) is 0 Å². The first-order valence-corrected chi connectivity index (χ1v) is 8.49. The van der Waals surface area contributed by atoms with Crippen LogP contribution >= 0.6 is 0 Å². The van der Waals surface area contributed by atoms with Gasteiger partial charge < -0.3 is 14.6 Å². The van der Waals surface area contributed by atoms with Crippen molar-refractivity contribution in [3.05, 3.63) is 95.1 Å². The monoisotopic (exact) mass is 346 g/mol. The number of phenols is 1. The van der Waals surface area contributed by atoms with Gasteiger partial charge in [-0.3, -0.25) is 0 Å². The lowest BCUT2D eigenvalue weighted by atomic mass is 9.94. The van der Waals surface area contributed by atoms with Crippen molar-refractivity contribution in [2.24, 2.45) is 0 Å². The molecule has 0 aromatic heterocycles. The summed E-state index contributed by atoms with van der Waals surface area (Å²) in [6.07, 6.45) is 0.180. The lowest BCUT2D eigenvalue weighted by Gasteiger charge is -2.25. The minimum Gasteiger partial charge on any atom is -0.507 e. The molecule has 0 saturated carbocycles. The molecule has 3 aromatic rings. The number of carbonyl (C=O) groups excluding carboxylic acids is 1. The SMILES string of the molecule is O=C1OC(c2ccc(OCc3ccccc3)cc2)Cc2cccc(O)c21. The Labute approximate surface area is 151 Å². The fraction of sp³-hybridized carbons (Fsp3) is 0.136. The summed E-state index contributed by atoms with van der Waals surface area (Å²) in [5.74, 6) is 0.243. The predicted octanol–water partition coefficient (Wildman–Crippen LogP) is 4.43. The number of fused-ring (bicyclic) bond motifs is 1. The largest absolute Gasteiger partial charge is 0.507 e. The van der Waals surface area contributed by atoms with Gasteiger partial charge in [0.1, 0.15) is 29.8 Å². The highest BCUT2D eigenvalue weighted by atomic mass is 16.5. The highest BCUT2D eigenvalue weighted by Crippen LogP contribution is 2.34. The van der Waals surface area contributed by atoms with E-state index >= 15 is 0 Å². The van der Waals surface area contributed by atoms with Crippen molar-refractivity contribution in [1.82, 2.24) is 0 Å². The van der Waals surface area contributed by atoms with E-state index in [0.29, 0.717) is 13.0 Å². The highest BCUT2D eigenvalue weighted by molar-refractivity contribution is 5.95. The fourth-order valence-corrected chi connectivity index (χ4v) is 3.13. The zero-order valence-electron chi connectivity index (χ0n) is 14.1. The molecule has 4 heteroatoms. The van der Waals surface area contributed by atoms with E-state index in [1.165, 1.54) is 6.07 Å². The number of hydrogen-bond acceptors (Lipinski definition) is 4. The van der Waals surface area contributed by atoms with Gasteiger partial charge in [-0.25, -0.2) is 4.79 Å². The molecule has 1 unspecified atom stereocenters. The van der Waals surface area contributed by atoms with Crippen LogP contribution in [0.4, 0.5) is 0 Å². The molecule has 0 saturated heterocycles. The van der Waals surface area contributed by atoms with Gasteiger partial charge in [-0.2, -0.15) is 0 Å². The third kappa shape index (κ3) is 3.26. The second-order valence-corrected chi connectivity index (χ2v) is 6.25. The molecule has 4 nitrogen and oxygen atoms in total. The summed E-state index contributed by atoms with van der Waals surface area (Å²) < 4.78 is 11.3. The van der Waals surface area contributed by atoms with E-state index in [9.17, 15) is 9.90 Å². The molecule has 0 radical (unpaired) electrons. The van der Waals surface area contributed by atoms with Crippen molar-refractivity contribution in [1.29, 1.82) is 0 Å². The Balaban J connectivity index is 1.46. The van der Waals surface area contributed by atoms with Gasteiger partial charge >= 0.3 is 5.97 Å². The van der Waals surface area contributed by atoms with Crippen LogP contribution in [0.1, 0.15) is 33.2 Å². The van der Waals surface area contributed by atoms with Crippen LogP contribution in [-0.2, 0) is 17.8 Å². The summed E-state index contributed by atoms with van der Waals surface area (Å²) in [6, 6.07) is 22.6. The fourth-order valence-electron chi connectivity index (χ4n) is 3.13. The summed E-state index contributed by atoms with van der Waals surface area (Å²) in [5.41, 5.74) is 3.08. The van der Waals surface area contributed by atoms with Crippen LogP contribution in [0.2, 0.25) is 0 Å². The van der Waals surface area contributed by atoms with E-state index in [4.69, 9.17) is 9.47 Å². The lowest BCUT2D eigenvalue weighted by Crippen LogP contribution is -2.21. The molecule has 130 valence electrons. The van der Waals surface area contributed by atoms with Crippen molar-refractivity contribution < 1.29 is 19.4 Å². The van der Waals surface area contributed by atoms with E-state index in [-0.39, 0.29) is 17.4 Å². The molecule has 1 atom stereocenters. The van der Waals surface area contributed by atoms with Crippen LogP contribution in [0.15, 0.2) is 72.8 Å². The quantitative estimate of drug-likeness (QED) is 0.710. The van der Waals surface area contributed by atoms with Crippen LogP contribution in [0.3, 0.4) is 0 Å². The van der Waals surface area contributed by atoms with Gasteiger partial charge in [0.2, 0.25) is 0 Å². The second-order valence-electron chi connectivity index (χ2n) is 6.25. The average Bonchev–Trinajstić information content (AvgIpc) is 2.67. The molecule has 0 bridgehead atoms. The molecule has 0 fully saturated rings. The number of ether oxygens (including phenoxy) is 2. The number of carbonyl (C=O) groups is 1. The molecule has 0 spiro atoms. The van der Waals surface area contributed by atoms with Crippen LogP contribution in [0, 0.1) is 0 Å². The summed E-state index contributed by atoms with van der Waals surface area (Å²) in [7, 11) is 0. The van der Waals surface area contributed by atoms with E-state index in [1.54, 1.807) is 6.07 Å². The maximum atomic E-state index is 12.2. The Hall–Kier alpha value is -3.27. The van der Waals surface area contributed by atoms with Gasteiger partial charge in [-0.15, -0.1) is 0 Å². The maximum absolute atomic E-state index is 12.2. The van der Waals surface area contributed by atoms with Crippen LogP contribution in [0.5, 0.6) is 11.5 Å². The van der Waals surface area contributed by atoms with Gasteiger partial charge in [0.25, 0.3) is 0 Å². The first-order chi connectivity index (χ1) is 12.7. The molecule has 0 amide bonds. The lowest BCUT2D eigenvalue weighted by molar-refractivity contribution is 0.0248. The van der Waals surface area contributed by atoms with E-state index < -0.39 is 5.97 Å². The molecule has 1 heterocycles. The van der Waals surface area contributed by atoms with Gasteiger partial charge in [-0.05, 0) is 34.9 Å². The number of aromatic hydroxyl groups is 1. The van der Waals surface area contributed by atoms with Gasteiger partial charge in [0.15, 0.2) is 0 Å². The third-order valence-electron chi connectivity index (χ3n) is 4.49. The summed E-state index contributed by atoms with van der Waals surface area (Å²) in [6.45, 7) is 0.505. The first-order valence-electron chi connectivity index (χ1n) is 8.49. The van der Waals surface area contributed by atoms with Crippen LogP contribution in [-0.4, -0.2) is 11.1 Å². The Morgan fingerprint density at radius 3 is 2.50 bits per heavy atom. The van der Waals surface area contributed by atoms with Crippen LogP contribution in [0.25, 0.3) is 0 Å². The van der Waals surface area contributed by atoms with Gasteiger partial charge in [-0.1, -0.05) is 54.6 Å². The highest BCUT2D eigenvalue weighted by Gasteiger charge is 2.29. The molecule has 0 aliphatic carbocycles. The Kier molecular flexibility index (Phi) is 4.32. The zero-order chi connectivity index (χ0) is 17.9. The van der Waals surface area contributed by atoms with E-state index in [1.807, 2.05) is 60.7 Å². The molecular formula is C22H18O4. The minimum absolute atomic E-state index is 0.0318. The minimum atomic E-state index is -0.487. The standard InChI is InChI=1S/C22H18O4/c23-19-8-4-7-17-13-20(26-22(24)21(17)19)16-9-11-18(12-10-16)25-14-15-5-2-1-3-6-15/h1-12,20,23H,13-14H2. The van der Waals surface area contributed by atoms with Crippen molar-refractivity contribution >= 4 is 5.97 Å². The number of hydrogen-bond donors (Lipinski definition) is 1. The Morgan fingerprint density at radius 1 is 0.962 bits per heavy atom. The zero-order valence-corrected chi connectivity index (χ0v) is 14.1.